The van der Waals surface area contributed by atoms with E-state index in [2.05, 4.69) is 9.97 Å². The molecule has 0 saturated heterocycles. The fraction of sp³-hybridized carbons (Fsp3) is 0.556. The van der Waals surface area contributed by atoms with Crippen molar-refractivity contribution in [1.29, 1.82) is 0 Å². The van der Waals surface area contributed by atoms with Gasteiger partial charge in [0, 0.05) is 6.61 Å². The molecule has 2 N–H and O–H groups in total. The fourth-order valence-corrected chi connectivity index (χ4v) is 1.10. The standard InChI is InChI=1S/C9H14N4O4/c1-2-3-16-4-5-17-9-7(13(14)15)8(10)11-6-12-9/h6H,2-5H2,1H3,(H2,10,11,12). The van der Waals surface area contributed by atoms with Crippen LogP contribution in [0.3, 0.4) is 0 Å². The van der Waals surface area contributed by atoms with E-state index in [-0.39, 0.29) is 18.3 Å². The maximum absolute atomic E-state index is 10.7. The molecule has 1 aromatic rings. The molecule has 0 aromatic carbocycles. The SMILES string of the molecule is CCCOCCOc1ncnc(N)c1[N+](=O)[O-]. The molecule has 0 radical (unpaired) electrons. The predicted octanol–water partition coefficient (Wildman–Crippen LogP) is 0.772. The highest BCUT2D eigenvalue weighted by atomic mass is 16.6. The van der Waals surface area contributed by atoms with Gasteiger partial charge in [0.25, 0.3) is 5.88 Å². The van der Waals surface area contributed by atoms with Crippen LogP contribution in [-0.4, -0.2) is 34.7 Å². The van der Waals surface area contributed by atoms with E-state index in [9.17, 15) is 10.1 Å². The number of anilines is 1. The van der Waals surface area contributed by atoms with Gasteiger partial charge in [-0.1, -0.05) is 6.92 Å². The summed E-state index contributed by atoms with van der Waals surface area (Å²) >= 11 is 0. The number of hydrogen-bond donors (Lipinski definition) is 1. The van der Waals surface area contributed by atoms with E-state index in [0.717, 1.165) is 12.7 Å². The molecule has 94 valence electrons. The number of nitrogens with two attached hydrogens (primary N) is 1. The Labute approximate surface area is 97.9 Å². The van der Waals surface area contributed by atoms with Gasteiger partial charge in [-0.25, -0.2) is 4.98 Å². The summed E-state index contributed by atoms with van der Waals surface area (Å²) in [6.45, 7) is 3.13. The van der Waals surface area contributed by atoms with Crippen LogP contribution in [0.25, 0.3) is 0 Å². The minimum absolute atomic E-state index is 0.136. The Morgan fingerprint density at radius 1 is 1.41 bits per heavy atom. The molecule has 8 nitrogen and oxygen atoms in total. The quantitative estimate of drug-likeness (QED) is 0.426. The first kappa shape index (κ1) is 13.1. The molecular weight excluding hydrogens is 228 g/mol. The Bertz CT molecular complexity index is 385. The zero-order valence-electron chi connectivity index (χ0n) is 9.46. The number of rotatable bonds is 7. The molecule has 1 aromatic heterocycles. The number of nitro groups is 1. The molecule has 0 atom stereocenters. The van der Waals surface area contributed by atoms with Crippen molar-refractivity contribution in [3.8, 4) is 5.88 Å². The highest BCUT2D eigenvalue weighted by molar-refractivity contribution is 5.57. The van der Waals surface area contributed by atoms with Crippen LogP contribution in [0.4, 0.5) is 11.5 Å². The Morgan fingerprint density at radius 3 is 2.82 bits per heavy atom. The molecule has 0 unspecified atom stereocenters. The molecule has 17 heavy (non-hydrogen) atoms. The molecule has 0 fully saturated rings. The van der Waals surface area contributed by atoms with Crippen LogP contribution in [0.5, 0.6) is 5.88 Å². The molecule has 8 heteroatoms. The third-order valence-corrected chi connectivity index (χ3v) is 1.81. The molecule has 0 aliphatic carbocycles. The van der Waals surface area contributed by atoms with E-state index in [0.29, 0.717) is 13.2 Å². The van der Waals surface area contributed by atoms with Gasteiger partial charge >= 0.3 is 5.69 Å². The van der Waals surface area contributed by atoms with Gasteiger partial charge in [-0.2, -0.15) is 4.98 Å². The molecule has 1 rings (SSSR count). The van der Waals surface area contributed by atoms with E-state index in [1.807, 2.05) is 6.92 Å². The summed E-state index contributed by atoms with van der Waals surface area (Å²) in [7, 11) is 0. The van der Waals surface area contributed by atoms with Gasteiger partial charge in [0.05, 0.1) is 11.5 Å². The van der Waals surface area contributed by atoms with E-state index in [1.54, 1.807) is 0 Å². The zero-order valence-corrected chi connectivity index (χ0v) is 9.46. The van der Waals surface area contributed by atoms with Gasteiger partial charge in [0.2, 0.25) is 5.82 Å². The lowest BCUT2D eigenvalue weighted by Gasteiger charge is -2.06. The van der Waals surface area contributed by atoms with Gasteiger partial charge < -0.3 is 15.2 Å². The lowest BCUT2D eigenvalue weighted by atomic mass is 10.4. The highest BCUT2D eigenvalue weighted by Gasteiger charge is 2.22. The monoisotopic (exact) mass is 242 g/mol. The molecular formula is C9H14N4O4. The van der Waals surface area contributed by atoms with Gasteiger partial charge in [-0.3, -0.25) is 10.1 Å². The molecule has 0 aliphatic heterocycles. The predicted molar refractivity (Wildman–Crippen MR) is 59.7 cm³/mol. The normalized spacial score (nSPS) is 10.2. The smallest absolute Gasteiger partial charge is 0.372 e. The number of hydrogen-bond acceptors (Lipinski definition) is 7. The van der Waals surface area contributed by atoms with Crippen molar-refractivity contribution in [2.45, 2.75) is 13.3 Å². The summed E-state index contributed by atoms with van der Waals surface area (Å²) in [4.78, 5) is 17.2. The topological polar surface area (TPSA) is 113 Å². The first-order valence-electron chi connectivity index (χ1n) is 5.12. The van der Waals surface area contributed by atoms with Crippen LogP contribution in [0, 0.1) is 10.1 Å². The van der Waals surface area contributed by atoms with Crippen LogP contribution in [0.2, 0.25) is 0 Å². The lowest BCUT2D eigenvalue weighted by Crippen LogP contribution is -2.10. The van der Waals surface area contributed by atoms with Crippen molar-refractivity contribution in [1.82, 2.24) is 9.97 Å². The van der Waals surface area contributed by atoms with E-state index in [4.69, 9.17) is 15.2 Å². The van der Waals surface area contributed by atoms with Gasteiger partial charge in [0.1, 0.15) is 12.9 Å². The Hall–Kier alpha value is -1.96. The number of ether oxygens (including phenoxy) is 2. The maximum Gasteiger partial charge on any atom is 0.372 e. The highest BCUT2D eigenvalue weighted by Crippen LogP contribution is 2.28. The van der Waals surface area contributed by atoms with Gasteiger partial charge in [0.15, 0.2) is 0 Å². The zero-order chi connectivity index (χ0) is 12.7. The second kappa shape index (κ2) is 6.59. The van der Waals surface area contributed by atoms with Gasteiger partial charge in [-0.05, 0) is 6.42 Å². The summed E-state index contributed by atoms with van der Waals surface area (Å²) in [5, 5.41) is 10.7. The Kier molecular flexibility index (Phi) is 5.08. The van der Waals surface area contributed by atoms with Crippen molar-refractivity contribution < 1.29 is 14.4 Å². The fourth-order valence-electron chi connectivity index (χ4n) is 1.10. The number of nitrogen functional groups attached to an aromatic ring is 1. The van der Waals surface area contributed by atoms with Crippen molar-refractivity contribution >= 4 is 11.5 Å². The Morgan fingerprint density at radius 2 is 2.18 bits per heavy atom. The van der Waals surface area contributed by atoms with Gasteiger partial charge in [-0.15, -0.1) is 0 Å². The van der Waals surface area contributed by atoms with Crippen LogP contribution < -0.4 is 10.5 Å². The average molecular weight is 242 g/mol. The van der Waals surface area contributed by atoms with Crippen molar-refractivity contribution in [3.05, 3.63) is 16.4 Å². The van der Waals surface area contributed by atoms with Crippen molar-refractivity contribution in [3.63, 3.8) is 0 Å². The molecule has 0 saturated carbocycles. The third-order valence-electron chi connectivity index (χ3n) is 1.81. The molecule has 0 bridgehead atoms. The lowest BCUT2D eigenvalue weighted by molar-refractivity contribution is -0.385. The van der Waals surface area contributed by atoms with Crippen molar-refractivity contribution in [2.24, 2.45) is 0 Å². The molecule has 1 heterocycles. The minimum Gasteiger partial charge on any atom is -0.470 e. The summed E-state index contributed by atoms with van der Waals surface area (Å²) in [5.41, 5.74) is 4.96. The van der Waals surface area contributed by atoms with E-state index in [1.165, 1.54) is 0 Å². The van der Waals surface area contributed by atoms with Crippen molar-refractivity contribution in [2.75, 3.05) is 25.6 Å². The van der Waals surface area contributed by atoms with Crippen LogP contribution >= 0.6 is 0 Å². The summed E-state index contributed by atoms with van der Waals surface area (Å²) in [6, 6.07) is 0. The molecule has 0 aliphatic rings. The summed E-state index contributed by atoms with van der Waals surface area (Å²) in [5.74, 6) is -0.350. The number of nitrogens with zero attached hydrogens (tertiary/aromatic N) is 3. The Balaban J connectivity index is 2.58. The maximum atomic E-state index is 10.7. The van der Waals surface area contributed by atoms with Crippen LogP contribution in [0.15, 0.2) is 6.33 Å². The molecule has 0 amide bonds. The van der Waals surface area contributed by atoms with Crippen LogP contribution in [-0.2, 0) is 4.74 Å². The second-order valence-corrected chi connectivity index (χ2v) is 3.13. The van der Waals surface area contributed by atoms with E-state index >= 15 is 0 Å². The number of aromatic nitrogens is 2. The minimum atomic E-state index is -0.669. The molecule has 0 spiro atoms. The van der Waals surface area contributed by atoms with Crippen LogP contribution in [0.1, 0.15) is 13.3 Å². The average Bonchev–Trinajstić information content (AvgIpc) is 2.28. The first-order chi connectivity index (χ1) is 8.16. The second-order valence-electron chi connectivity index (χ2n) is 3.13. The third kappa shape index (κ3) is 3.83. The first-order valence-corrected chi connectivity index (χ1v) is 5.12. The van der Waals surface area contributed by atoms with E-state index < -0.39 is 10.6 Å². The summed E-state index contributed by atoms with van der Waals surface area (Å²) < 4.78 is 10.3. The largest absolute Gasteiger partial charge is 0.470 e. The summed E-state index contributed by atoms with van der Waals surface area (Å²) in [6.07, 6.45) is 2.02.